The minimum absolute atomic E-state index is 0.0154. The second kappa shape index (κ2) is 14.1. The summed E-state index contributed by atoms with van der Waals surface area (Å²) in [6, 6.07) is 11.6. The Morgan fingerprint density at radius 2 is 1.22 bits per heavy atom. The number of hydrogen-bond acceptors (Lipinski definition) is 6. The minimum Gasteiger partial charge on any atom is -0.355 e. The largest absolute Gasteiger partial charge is 0.355 e. The molecule has 0 aliphatic carbocycles. The zero-order chi connectivity index (χ0) is 28.9. The van der Waals surface area contributed by atoms with E-state index in [1.54, 1.807) is 6.07 Å². The first-order valence-electron chi connectivity index (χ1n) is 14.1. The molecule has 0 bridgehead atoms. The quantitative estimate of drug-likeness (QED) is 0.385. The highest BCUT2D eigenvalue weighted by Crippen LogP contribution is 2.41. The van der Waals surface area contributed by atoms with Gasteiger partial charge in [0.2, 0.25) is 5.91 Å². The Kier molecular flexibility index (Phi) is 10.8. The van der Waals surface area contributed by atoms with E-state index in [2.05, 4.69) is 16.7 Å². The molecule has 0 radical (unpaired) electrons. The first kappa shape index (κ1) is 31.3. The second-order valence-electron chi connectivity index (χ2n) is 11.1. The molecule has 6 rings (SSSR count). The zero-order valence-electron chi connectivity index (χ0n) is 22.9. The number of rotatable bonds is 6. The highest BCUT2D eigenvalue weighted by Gasteiger charge is 2.41. The van der Waals surface area contributed by atoms with Crippen molar-refractivity contribution in [3.63, 3.8) is 0 Å². The molecular formula is C30H36Cl4N2O5. The van der Waals surface area contributed by atoms with Crippen LogP contribution in [0.3, 0.4) is 0 Å². The molecule has 0 unspecified atom stereocenters. The fourth-order valence-corrected chi connectivity index (χ4v) is 6.78. The molecule has 7 nitrogen and oxygen atoms in total. The van der Waals surface area contributed by atoms with Gasteiger partial charge in [0.15, 0.2) is 12.6 Å². The lowest BCUT2D eigenvalue weighted by Crippen LogP contribution is -2.48. The standard InChI is InChI=1S/C15H17Cl2NO3.C15H19Cl2NO2/c16-11-2-1-10(7-12(11)17)15(4-3-13(19)18-9-15)8-14-20-5-6-21-14;16-12-3-2-11(8-13(12)17)15(4-1-5-18-10-15)9-14-19-6-7-20-14/h1-2,7,14H,3-6,8-9H2,(H,18,19);2-3,8,14,18H,1,4-7,9-10H2/t2*15-/m11/s1. The third kappa shape index (κ3) is 7.69. The molecule has 4 aliphatic heterocycles. The van der Waals surface area contributed by atoms with Crippen molar-refractivity contribution in [3.05, 3.63) is 67.6 Å². The number of hydrogen-bond donors (Lipinski definition) is 2. The van der Waals surface area contributed by atoms with Crippen LogP contribution in [0.25, 0.3) is 0 Å². The van der Waals surface area contributed by atoms with Gasteiger partial charge in [0.1, 0.15) is 0 Å². The molecule has 0 spiro atoms. The van der Waals surface area contributed by atoms with Gasteiger partial charge < -0.3 is 29.6 Å². The van der Waals surface area contributed by atoms with E-state index in [-0.39, 0.29) is 29.3 Å². The van der Waals surface area contributed by atoms with Crippen molar-refractivity contribution in [1.82, 2.24) is 10.6 Å². The van der Waals surface area contributed by atoms with Crippen LogP contribution < -0.4 is 10.6 Å². The number of ether oxygens (including phenoxy) is 4. The number of piperidine rings is 2. The van der Waals surface area contributed by atoms with E-state index in [0.717, 1.165) is 44.3 Å². The van der Waals surface area contributed by atoms with E-state index in [1.807, 2.05) is 24.3 Å². The van der Waals surface area contributed by atoms with Gasteiger partial charge >= 0.3 is 0 Å². The highest BCUT2D eigenvalue weighted by atomic mass is 35.5. The van der Waals surface area contributed by atoms with Gasteiger partial charge in [-0.05, 0) is 61.2 Å². The number of amides is 1. The van der Waals surface area contributed by atoms with E-state index in [1.165, 1.54) is 5.56 Å². The highest BCUT2D eigenvalue weighted by molar-refractivity contribution is 6.42. The molecule has 2 N–H and O–H groups in total. The third-order valence-corrected chi connectivity index (χ3v) is 9.97. The predicted molar refractivity (Wildman–Crippen MR) is 161 cm³/mol. The van der Waals surface area contributed by atoms with Crippen LogP contribution in [-0.4, -0.2) is 64.5 Å². The van der Waals surface area contributed by atoms with Crippen molar-refractivity contribution in [1.29, 1.82) is 0 Å². The smallest absolute Gasteiger partial charge is 0.220 e. The molecule has 0 saturated carbocycles. The van der Waals surface area contributed by atoms with Crippen LogP contribution >= 0.6 is 46.4 Å². The Morgan fingerprint density at radius 3 is 1.63 bits per heavy atom. The molecule has 4 aliphatic rings. The molecule has 4 fully saturated rings. The monoisotopic (exact) mass is 644 g/mol. The molecule has 11 heteroatoms. The molecule has 0 aromatic heterocycles. The van der Waals surface area contributed by atoms with Crippen LogP contribution in [0.2, 0.25) is 20.1 Å². The first-order chi connectivity index (χ1) is 19.8. The molecule has 1 amide bonds. The van der Waals surface area contributed by atoms with E-state index >= 15 is 0 Å². The van der Waals surface area contributed by atoms with E-state index in [4.69, 9.17) is 65.4 Å². The topological polar surface area (TPSA) is 78.1 Å². The van der Waals surface area contributed by atoms with Crippen molar-refractivity contribution in [2.75, 3.05) is 46.1 Å². The lowest BCUT2D eigenvalue weighted by atomic mass is 9.72. The Labute approximate surface area is 261 Å². The van der Waals surface area contributed by atoms with Crippen molar-refractivity contribution in [2.45, 2.75) is 61.9 Å². The molecule has 2 aromatic rings. The van der Waals surface area contributed by atoms with Crippen LogP contribution in [0.15, 0.2) is 36.4 Å². The molecule has 224 valence electrons. The Hall–Kier alpha value is -1.13. The molecule has 2 aromatic carbocycles. The SMILES string of the molecule is Clc1ccc([C@@]2(CC3OCCO3)CCCNC2)cc1Cl.O=C1CC[C@](CC2OCCO2)(c2ccc(Cl)c(Cl)c2)CN1. The van der Waals surface area contributed by atoms with Crippen LogP contribution in [0.5, 0.6) is 0 Å². The van der Waals surface area contributed by atoms with Crippen LogP contribution in [0.1, 0.15) is 49.7 Å². The Balaban J connectivity index is 0.000000165. The molecule has 4 saturated heterocycles. The molecule has 4 heterocycles. The van der Waals surface area contributed by atoms with Crippen molar-refractivity contribution in [3.8, 4) is 0 Å². The summed E-state index contributed by atoms with van der Waals surface area (Å²) in [5, 5.41) is 8.72. The lowest BCUT2D eigenvalue weighted by Gasteiger charge is -2.39. The summed E-state index contributed by atoms with van der Waals surface area (Å²) in [6.07, 6.45) is 4.73. The summed E-state index contributed by atoms with van der Waals surface area (Å²) in [6.45, 7) is 5.17. The molecule has 41 heavy (non-hydrogen) atoms. The fourth-order valence-electron chi connectivity index (χ4n) is 6.18. The summed E-state index contributed by atoms with van der Waals surface area (Å²) < 4.78 is 22.5. The summed E-state index contributed by atoms with van der Waals surface area (Å²) >= 11 is 24.4. The van der Waals surface area contributed by atoms with Gasteiger partial charge in [-0.2, -0.15) is 0 Å². The average molecular weight is 646 g/mol. The third-order valence-electron chi connectivity index (χ3n) is 8.49. The van der Waals surface area contributed by atoms with E-state index in [0.29, 0.717) is 65.9 Å². The number of halogens is 4. The summed E-state index contributed by atoms with van der Waals surface area (Å²) in [5.74, 6) is 0.0824. The maximum absolute atomic E-state index is 11.5. The summed E-state index contributed by atoms with van der Waals surface area (Å²) in [7, 11) is 0. The van der Waals surface area contributed by atoms with Gasteiger partial charge in [-0.15, -0.1) is 0 Å². The number of nitrogens with one attached hydrogen (secondary N) is 2. The second-order valence-corrected chi connectivity index (χ2v) is 12.8. The molecular weight excluding hydrogens is 610 g/mol. The first-order valence-corrected chi connectivity index (χ1v) is 15.6. The van der Waals surface area contributed by atoms with Gasteiger partial charge in [0.25, 0.3) is 0 Å². The maximum atomic E-state index is 11.5. The fraction of sp³-hybridized carbons (Fsp3) is 0.567. The number of benzene rings is 2. The van der Waals surface area contributed by atoms with Gasteiger partial charge in [-0.1, -0.05) is 58.5 Å². The zero-order valence-corrected chi connectivity index (χ0v) is 25.9. The Morgan fingerprint density at radius 1 is 0.707 bits per heavy atom. The number of carbonyl (C=O) groups is 1. The van der Waals surface area contributed by atoms with Gasteiger partial charge in [-0.3, -0.25) is 4.79 Å². The lowest BCUT2D eigenvalue weighted by molar-refractivity contribution is -0.124. The van der Waals surface area contributed by atoms with Crippen LogP contribution in [0, 0.1) is 0 Å². The number of carbonyl (C=O) groups excluding carboxylic acids is 1. The van der Waals surface area contributed by atoms with Gasteiger partial charge in [0, 0.05) is 43.2 Å². The van der Waals surface area contributed by atoms with Gasteiger partial charge in [0.05, 0.1) is 46.5 Å². The maximum Gasteiger partial charge on any atom is 0.220 e. The van der Waals surface area contributed by atoms with Crippen molar-refractivity contribution < 1.29 is 23.7 Å². The average Bonchev–Trinajstić information content (AvgIpc) is 3.69. The summed E-state index contributed by atoms with van der Waals surface area (Å²) in [4.78, 5) is 11.5. The van der Waals surface area contributed by atoms with Crippen LogP contribution in [0.4, 0.5) is 0 Å². The Bertz CT molecular complexity index is 1190. The van der Waals surface area contributed by atoms with Crippen LogP contribution in [-0.2, 0) is 34.6 Å². The summed E-state index contributed by atoms with van der Waals surface area (Å²) in [5.41, 5.74) is 2.08. The van der Waals surface area contributed by atoms with Crippen molar-refractivity contribution >= 4 is 52.3 Å². The van der Waals surface area contributed by atoms with Crippen molar-refractivity contribution in [2.24, 2.45) is 0 Å². The predicted octanol–water partition coefficient (Wildman–Crippen LogP) is 6.28. The van der Waals surface area contributed by atoms with E-state index in [9.17, 15) is 4.79 Å². The normalized spacial score (nSPS) is 27.4. The van der Waals surface area contributed by atoms with E-state index < -0.39 is 0 Å². The minimum atomic E-state index is -0.227. The molecule has 2 atom stereocenters. The van der Waals surface area contributed by atoms with Gasteiger partial charge in [-0.25, -0.2) is 0 Å².